The van der Waals surface area contributed by atoms with Crippen LogP contribution in [0.1, 0.15) is 46.5 Å². The maximum Gasteiger partial charge on any atom is 0.250 e. The molecule has 0 saturated carbocycles. The highest BCUT2D eigenvalue weighted by Gasteiger charge is 2.79. The van der Waals surface area contributed by atoms with Crippen molar-refractivity contribution >= 4 is 23.4 Å². The van der Waals surface area contributed by atoms with E-state index < -0.39 is 35.1 Å². The van der Waals surface area contributed by atoms with E-state index in [4.69, 9.17) is 9.47 Å². The van der Waals surface area contributed by atoms with E-state index in [2.05, 4.69) is 10.6 Å². The summed E-state index contributed by atoms with van der Waals surface area (Å²) in [5, 5.41) is 16.0. The Kier molecular flexibility index (Phi) is 6.85. The number of ether oxygens (including phenoxy) is 2. The van der Waals surface area contributed by atoms with Gasteiger partial charge in [0.15, 0.2) is 0 Å². The fourth-order valence-corrected chi connectivity index (χ4v) is 6.57. The molecule has 1 spiro atoms. The maximum absolute atomic E-state index is 14.1. The average molecular weight is 488 g/mol. The van der Waals surface area contributed by atoms with E-state index in [-0.39, 0.29) is 30.2 Å². The number of carbonyl (C=O) groups excluding carboxylic acids is 3. The standard InChI is InChI=1S/C26H37N3O6/c1-6-15(3)18(14-30)29-21(23(32)28-16-8-10-17(34-5)11-9-16)26-13-12-25(7-2,35-26)19(22(31)27-4)20(26)24(29)33/h8-11,15,18-21,30H,6-7,12-14H2,1-5H3,(H,27,31)(H,28,32)/t15-,18-,19+,20-,21?,25-,26?/m0/s1. The predicted octanol–water partition coefficient (Wildman–Crippen LogP) is 1.94. The van der Waals surface area contributed by atoms with Crippen LogP contribution in [0.3, 0.4) is 0 Å². The summed E-state index contributed by atoms with van der Waals surface area (Å²) in [6.07, 6.45) is 2.38. The van der Waals surface area contributed by atoms with Crippen molar-refractivity contribution in [3.05, 3.63) is 24.3 Å². The average Bonchev–Trinajstić information content (AvgIpc) is 3.48. The molecule has 3 saturated heterocycles. The summed E-state index contributed by atoms with van der Waals surface area (Å²) in [6.45, 7) is 5.63. The van der Waals surface area contributed by atoms with Crippen LogP contribution in [0, 0.1) is 17.8 Å². The fourth-order valence-electron chi connectivity index (χ4n) is 6.57. The van der Waals surface area contributed by atoms with Crippen LogP contribution in [0.15, 0.2) is 24.3 Å². The molecule has 192 valence electrons. The van der Waals surface area contributed by atoms with Crippen molar-refractivity contribution in [1.29, 1.82) is 0 Å². The number of likely N-dealkylation sites (tertiary alicyclic amines) is 1. The number of hydrogen-bond donors (Lipinski definition) is 3. The summed E-state index contributed by atoms with van der Waals surface area (Å²) in [4.78, 5) is 42.6. The third-order valence-corrected chi connectivity index (χ3v) is 8.60. The summed E-state index contributed by atoms with van der Waals surface area (Å²) in [5.74, 6) is -1.76. The normalized spacial score (nSPS) is 32.8. The molecule has 9 heteroatoms. The lowest BCUT2D eigenvalue weighted by atomic mass is 9.65. The van der Waals surface area contributed by atoms with Crippen LogP contribution >= 0.6 is 0 Å². The SMILES string of the molecule is CC[C@H](C)[C@H](CO)N1C(=O)[C@@H]2[C@H](C(=O)NC)[C@]3(CC)CCC2(O3)C1C(=O)Nc1ccc(OC)cc1. The second-order valence-corrected chi connectivity index (χ2v) is 10.0. The van der Waals surface area contributed by atoms with Crippen molar-refractivity contribution in [1.82, 2.24) is 10.2 Å². The summed E-state index contributed by atoms with van der Waals surface area (Å²) in [5.41, 5.74) is -1.34. The van der Waals surface area contributed by atoms with E-state index in [1.54, 1.807) is 38.4 Å². The van der Waals surface area contributed by atoms with E-state index in [1.807, 2.05) is 20.8 Å². The highest BCUT2D eigenvalue weighted by Crippen LogP contribution is 2.64. The number of fused-ring (bicyclic) bond motifs is 1. The van der Waals surface area contributed by atoms with Crippen LogP contribution in [0.25, 0.3) is 0 Å². The van der Waals surface area contributed by atoms with Crippen molar-refractivity contribution in [2.45, 2.75) is 69.7 Å². The molecule has 1 aromatic carbocycles. The number of aliphatic hydroxyl groups excluding tert-OH is 1. The van der Waals surface area contributed by atoms with Gasteiger partial charge in [-0.05, 0) is 49.4 Å². The number of hydrogen-bond acceptors (Lipinski definition) is 6. The van der Waals surface area contributed by atoms with Crippen LogP contribution in [-0.4, -0.2) is 71.8 Å². The fraction of sp³-hybridized carbons (Fsp3) is 0.654. The van der Waals surface area contributed by atoms with Crippen molar-refractivity contribution in [2.75, 3.05) is 26.1 Å². The molecular formula is C26H37N3O6. The Morgan fingerprint density at radius 1 is 1.23 bits per heavy atom. The third kappa shape index (κ3) is 3.71. The number of carbonyl (C=O) groups is 3. The van der Waals surface area contributed by atoms with Gasteiger partial charge in [-0.1, -0.05) is 27.2 Å². The van der Waals surface area contributed by atoms with E-state index in [9.17, 15) is 19.5 Å². The monoisotopic (exact) mass is 487 g/mol. The lowest BCUT2D eigenvalue weighted by molar-refractivity contribution is -0.150. The summed E-state index contributed by atoms with van der Waals surface area (Å²) in [6, 6.07) is 5.43. The smallest absolute Gasteiger partial charge is 0.250 e. The Morgan fingerprint density at radius 3 is 2.46 bits per heavy atom. The van der Waals surface area contributed by atoms with Crippen molar-refractivity contribution < 1.29 is 29.0 Å². The third-order valence-electron chi connectivity index (χ3n) is 8.60. The van der Waals surface area contributed by atoms with Gasteiger partial charge in [-0.3, -0.25) is 14.4 Å². The topological polar surface area (TPSA) is 117 Å². The van der Waals surface area contributed by atoms with Crippen LogP contribution < -0.4 is 15.4 Å². The molecule has 3 amide bonds. The molecule has 3 heterocycles. The molecule has 2 unspecified atom stereocenters. The number of methoxy groups -OCH3 is 1. The van der Waals surface area contributed by atoms with Gasteiger partial charge in [0.1, 0.15) is 17.4 Å². The minimum absolute atomic E-state index is 0.0498. The van der Waals surface area contributed by atoms with Gasteiger partial charge in [0.05, 0.1) is 37.2 Å². The number of anilines is 1. The van der Waals surface area contributed by atoms with Gasteiger partial charge >= 0.3 is 0 Å². The Labute approximate surface area is 206 Å². The molecule has 3 N–H and O–H groups in total. The number of nitrogens with one attached hydrogen (secondary N) is 2. The highest BCUT2D eigenvalue weighted by atomic mass is 16.5. The second-order valence-electron chi connectivity index (χ2n) is 10.0. The molecule has 9 nitrogen and oxygen atoms in total. The molecular weight excluding hydrogens is 450 g/mol. The van der Waals surface area contributed by atoms with Crippen LogP contribution in [0.4, 0.5) is 5.69 Å². The summed E-state index contributed by atoms with van der Waals surface area (Å²) >= 11 is 0. The number of aliphatic hydroxyl groups is 1. The van der Waals surface area contributed by atoms with E-state index in [0.717, 1.165) is 6.42 Å². The molecule has 1 aromatic rings. The Balaban J connectivity index is 1.79. The Morgan fingerprint density at radius 2 is 1.91 bits per heavy atom. The quantitative estimate of drug-likeness (QED) is 0.490. The van der Waals surface area contributed by atoms with Gasteiger partial charge in [0, 0.05) is 12.7 Å². The maximum atomic E-state index is 14.1. The zero-order valence-corrected chi connectivity index (χ0v) is 21.2. The molecule has 3 aliphatic rings. The highest BCUT2D eigenvalue weighted by molar-refractivity contribution is 6.04. The lowest BCUT2D eigenvalue weighted by Crippen LogP contribution is -2.57. The van der Waals surface area contributed by atoms with E-state index >= 15 is 0 Å². The van der Waals surface area contributed by atoms with E-state index in [0.29, 0.717) is 30.7 Å². The first-order valence-electron chi connectivity index (χ1n) is 12.5. The molecule has 0 aromatic heterocycles. The molecule has 0 aliphatic carbocycles. The van der Waals surface area contributed by atoms with Crippen molar-refractivity contribution in [3.63, 3.8) is 0 Å². The molecule has 3 aliphatic heterocycles. The van der Waals surface area contributed by atoms with Crippen LogP contribution in [0.5, 0.6) is 5.75 Å². The molecule has 3 fully saturated rings. The van der Waals surface area contributed by atoms with Gasteiger partial charge in [0.2, 0.25) is 17.7 Å². The largest absolute Gasteiger partial charge is 0.497 e. The number of nitrogens with zero attached hydrogens (tertiary/aromatic N) is 1. The minimum atomic E-state index is -1.12. The lowest BCUT2D eigenvalue weighted by Gasteiger charge is -2.39. The Bertz CT molecular complexity index is 984. The summed E-state index contributed by atoms with van der Waals surface area (Å²) < 4.78 is 11.9. The molecule has 0 radical (unpaired) electrons. The molecule has 4 rings (SSSR count). The first-order chi connectivity index (χ1) is 16.7. The second kappa shape index (κ2) is 9.43. The zero-order valence-electron chi connectivity index (χ0n) is 21.2. The van der Waals surface area contributed by atoms with Gasteiger partial charge < -0.3 is 30.1 Å². The molecule has 7 atom stereocenters. The number of rotatable bonds is 9. The predicted molar refractivity (Wildman–Crippen MR) is 130 cm³/mol. The van der Waals surface area contributed by atoms with Crippen LogP contribution in [-0.2, 0) is 19.1 Å². The van der Waals surface area contributed by atoms with E-state index in [1.165, 1.54) is 4.90 Å². The Hall–Kier alpha value is -2.65. The first-order valence-corrected chi connectivity index (χ1v) is 12.5. The van der Waals surface area contributed by atoms with Gasteiger partial charge in [-0.25, -0.2) is 0 Å². The number of benzene rings is 1. The van der Waals surface area contributed by atoms with Crippen LogP contribution in [0.2, 0.25) is 0 Å². The zero-order chi connectivity index (χ0) is 25.5. The molecule has 35 heavy (non-hydrogen) atoms. The van der Waals surface area contributed by atoms with Crippen molar-refractivity contribution in [2.24, 2.45) is 17.8 Å². The summed E-state index contributed by atoms with van der Waals surface area (Å²) in [7, 11) is 3.13. The number of amides is 3. The molecule has 2 bridgehead atoms. The van der Waals surface area contributed by atoms with Gasteiger partial charge in [-0.15, -0.1) is 0 Å². The van der Waals surface area contributed by atoms with Gasteiger partial charge in [-0.2, -0.15) is 0 Å². The minimum Gasteiger partial charge on any atom is -0.497 e. The van der Waals surface area contributed by atoms with Crippen molar-refractivity contribution in [3.8, 4) is 5.75 Å². The first kappa shape index (κ1) is 25.4. The van der Waals surface area contributed by atoms with Gasteiger partial charge in [0.25, 0.3) is 0 Å².